The zero-order valence-corrected chi connectivity index (χ0v) is 9.95. The molecule has 0 bridgehead atoms. The third kappa shape index (κ3) is 2.84. The van der Waals surface area contributed by atoms with Crippen LogP contribution in [0.1, 0.15) is 38.7 Å². The van der Waals surface area contributed by atoms with Crippen molar-refractivity contribution in [3.05, 3.63) is 35.9 Å². The maximum atomic E-state index is 2.37. The topological polar surface area (TPSA) is 0 Å². The number of benzene rings is 1. The lowest BCUT2D eigenvalue weighted by Gasteiger charge is -2.14. The molecule has 1 saturated carbocycles. The normalized spacial score (nSPS) is 26.1. The Bertz CT molecular complexity index is 286. The minimum atomic E-state index is 0.880. The van der Waals surface area contributed by atoms with Gasteiger partial charge in [0.1, 0.15) is 0 Å². The van der Waals surface area contributed by atoms with Crippen molar-refractivity contribution in [2.45, 2.75) is 39.5 Å². The van der Waals surface area contributed by atoms with Crippen LogP contribution in [0.4, 0.5) is 0 Å². The van der Waals surface area contributed by atoms with Gasteiger partial charge in [-0.05, 0) is 49.0 Å². The lowest BCUT2D eigenvalue weighted by molar-refractivity contribution is 0.378. The maximum absolute atomic E-state index is 2.37. The lowest BCUT2D eigenvalue weighted by Crippen LogP contribution is -2.05. The van der Waals surface area contributed by atoms with E-state index in [1.165, 1.54) is 31.2 Å². The van der Waals surface area contributed by atoms with Crippen LogP contribution >= 0.6 is 0 Å². The molecule has 0 spiro atoms. The fourth-order valence-electron chi connectivity index (χ4n) is 2.85. The molecule has 2 rings (SSSR count). The van der Waals surface area contributed by atoms with E-state index in [2.05, 4.69) is 44.2 Å². The van der Waals surface area contributed by atoms with Crippen LogP contribution in [0.25, 0.3) is 0 Å². The molecule has 0 aromatic heterocycles. The largest absolute Gasteiger partial charge is 0.0625 e. The van der Waals surface area contributed by atoms with Crippen molar-refractivity contribution >= 4 is 0 Å². The van der Waals surface area contributed by atoms with Gasteiger partial charge in [0, 0.05) is 0 Å². The van der Waals surface area contributed by atoms with Gasteiger partial charge in [-0.15, -0.1) is 0 Å². The van der Waals surface area contributed by atoms with E-state index in [4.69, 9.17) is 0 Å². The van der Waals surface area contributed by atoms with Gasteiger partial charge in [-0.2, -0.15) is 0 Å². The highest BCUT2D eigenvalue weighted by molar-refractivity contribution is 5.15. The van der Waals surface area contributed by atoms with Crippen LogP contribution in [0.5, 0.6) is 0 Å². The average Bonchev–Trinajstić information content (AvgIpc) is 2.68. The highest BCUT2D eigenvalue weighted by Crippen LogP contribution is 2.37. The molecular weight excluding hydrogens is 180 g/mol. The highest BCUT2D eigenvalue weighted by Gasteiger charge is 2.26. The van der Waals surface area contributed by atoms with E-state index in [1.54, 1.807) is 0 Å². The van der Waals surface area contributed by atoms with Gasteiger partial charge in [-0.1, -0.05) is 44.2 Å². The van der Waals surface area contributed by atoms with Crippen LogP contribution in [0.3, 0.4) is 0 Å². The highest BCUT2D eigenvalue weighted by atomic mass is 14.3. The summed E-state index contributed by atoms with van der Waals surface area (Å²) in [5, 5.41) is 0. The molecule has 0 saturated heterocycles. The van der Waals surface area contributed by atoms with Crippen LogP contribution in [-0.2, 0) is 6.42 Å². The van der Waals surface area contributed by atoms with Gasteiger partial charge in [0.2, 0.25) is 0 Å². The van der Waals surface area contributed by atoms with Crippen LogP contribution in [0, 0.1) is 17.8 Å². The third-order valence-corrected chi connectivity index (χ3v) is 3.89. The first kappa shape index (κ1) is 10.7. The standard InChI is InChI=1S/C15H22/c1-12(2)15-9-8-14(11-15)10-13-6-4-3-5-7-13/h3-7,12,14-15H,8-11H2,1-2H3. The molecule has 1 fully saturated rings. The minimum absolute atomic E-state index is 0.880. The van der Waals surface area contributed by atoms with Crippen LogP contribution in [0.15, 0.2) is 30.3 Å². The molecule has 2 unspecified atom stereocenters. The van der Waals surface area contributed by atoms with E-state index < -0.39 is 0 Å². The Morgan fingerprint density at radius 1 is 1.13 bits per heavy atom. The molecule has 0 heterocycles. The number of hydrogen-bond acceptors (Lipinski definition) is 0. The van der Waals surface area contributed by atoms with Crippen molar-refractivity contribution in [2.75, 3.05) is 0 Å². The van der Waals surface area contributed by atoms with Crippen molar-refractivity contribution < 1.29 is 0 Å². The SMILES string of the molecule is CC(C)C1CCC(Cc2ccccc2)C1. The molecule has 0 N–H and O–H groups in total. The van der Waals surface area contributed by atoms with Crippen molar-refractivity contribution in [1.82, 2.24) is 0 Å². The Labute approximate surface area is 93.7 Å². The summed E-state index contributed by atoms with van der Waals surface area (Å²) in [6.45, 7) is 4.74. The smallest absolute Gasteiger partial charge is 0.0250 e. The molecule has 15 heavy (non-hydrogen) atoms. The monoisotopic (exact) mass is 202 g/mol. The average molecular weight is 202 g/mol. The van der Waals surface area contributed by atoms with Crippen molar-refractivity contribution in [2.24, 2.45) is 17.8 Å². The first-order valence-corrected chi connectivity index (χ1v) is 6.29. The molecule has 2 atom stereocenters. The Morgan fingerprint density at radius 2 is 1.87 bits per heavy atom. The van der Waals surface area contributed by atoms with Gasteiger partial charge in [0.15, 0.2) is 0 Å². The van der Waals surface area contributed by atoms with E-state index in [9.17, 15) is 0 Å². The van der Waals surface area contributed by atoms with Crippen LogP contribution < -0.4 is 0 Å². The molecule has 1 aliphatic rings. The quantitative estimate of drug-likeness (QED) is 0.685. The van der Waals surface area contributed by atoms with Gasteiger partial charge < -0.3 is 0 Å². The second-order valence-electron chi connectivity index (χ2n) is 5.37. The van der Waals surface area contributed by atoms with Gasteiger partial charge in [0.05, 0.1) is 0 Å². The Hall–Kier alpha value is -0.780. The zero-order valence-electron chi connectivity index (χ0n) is 9.95. The van der Waals surface area contributed by atoms with Gasteiger partial charge >= 0.3 is 0 Å². The number of rotatable bonds is 3. The summed E-state index contributed by atoms with van der Waals surface area (Å²) in [6, 6.07) is 11.0. The summed E-state index contributed by atoms with van der Waals surface area (Å²) in [5.41, 5.74) is 1.52. The van der Waals surface area contributed by atoms with Crippen LogP contribution in [-0.4, -0.2) is 0 Å². The fourth-order valence-corrected chi connectivity index (χ4v) is 2.85. The van der Waals surface area contributed by atoms with E-state index in [0.29, 0.717) is 0 Å². The Kier molecular flexibility index (Phi) is 3.45. The van der Waals surface area contributed by atoms with Crippen molar-refractivity contribution in [3.8, 4) is 0 Å². The van der Waals surface area contributed by atoms with E-state index in [0.717, 1.165) is 17.8 Å². The summed E-state index contributed by atoms with van der Waals surface area (Å²) in [5.74, 6) is 2.81. The molecule has 0 radical (unpaired) electrons. The third-order valence-electron chi connectivity index (χ3n) is 3.89. The van der Waals surface area contributed by atoms with Crippen LogP contribution in [0.2, 0.25) is 0 Å². The second-order valence-corrected chi connectivity index (χ2v) is 5.37. The van der Waals surface area contributed by atoms with Gasteiger partial charge in [0.25, 0.3) is 0 Å². The maximum Gasteiger partial charge on any atom is -0.0250 e. The molecule has 0 aliphatic heterocycles. The summed E-state index contributed by atoms with van der Waals surface area (Å²) in [6.07, 6.45) is 5.64. The fraction of sp³-hybridized carbons (Fsp3) is 0.600. The second kappa shape index (κ2) is 4.83. The van der Waals surface area contributed by atoms with Gasteiger partial charge in [-0.25, -0.2) is 0 Å². The molecule has 82 valence electrons. The predicted octanol–water partition coefficient (Wildman–Crippen LogP) is 4.30. The van der Waals surface area contributed by atoms with E-state index in [-0.39, 0.29) is 0 Å². The molecule has 0 heteroatoms. The summed E-state index contributed by atoms with van der Waals surface area (Å²) in [4.78, 5) is 0. The summed E-state index contributed by atoms with van der Waals surface area (Å²) < 4.78 is 0. The lowest BCUT2D eigenvalue weighted by atomic mass is 9.91. The number of hydrogen-bond donors (Lipinski definition) is 0. The zero-order chi connectivity index (χ0) is 10.7. The molecule has 0 nitrogen and oxygen atoms in total. The van der Waals surface area contributed by atoms with Crippen molar-refractivity contribution in [3.63, 3.8) is 0 Å². The molecule has 1 aromatic rings. The first-order valence-electron chi connectivity index (χ1n) is 6.29. The van der Waals surface area contributed by atoms with Crippen molar-refractivity contribution in [1.29, 1.82) is 0 Å². The Morgan fingerprint density at radius 3 is 2.47 bits per heavy atom. The Balaban J connectivity index is 1.88. The first-order chi connectivity index (χ1) is 7.25. The van der Waals surface area contributed by atoms with E-state index in [1.807, 2.05) is 0 Å². The molecule has 0 amide bonds. The molecule has 1 aliphatic carbocycles. The predicted molar refractivity (Wildman–Crippen MR) is 65.8 cm³/mol. The van der Waals surface area contributed by atoms with E-state index >= 15 is 0 Å². The summed E-state index contributed by atoms with van der Waals surface area (Å²) in [7, 11) is 0. The molecular formula is C15H22. The van der Waals surface area contributed by atoms with Gasteiger partial charge in [-0.3, -0.25) is 0 Å². The molecule has 1 aromatic carbocycles. The summed E-state index contributed by atoms with van der Waals surface area (Å²) >= 11 is 0. The minimum Gasteiger partial charge on any atom is -0.0625 e.